The average Bonchev–Trinajstić information content (AvgIpc) is 2.04. The van der Waals surface area contributed by atoms with Crippen LogP contribution in [-0.2, 0) is 11.4 Å². The van der Waals surface area contributed by atoms with Gasteiger partial charge >= 0.3 is 0 Å². The molecule has 0 saturated heterocycles. The van der Waals surface area contributed by atoms with E-state index in [9.17, 15) is 10.1 Å². The van der Waals surface area contributed by atoms with Gasteiger partial charge in [-0.05, 0) is 12.1 Å². The zero-order valence-corrected chi connectivity index (χ0v) is 7.32. The summed E-state index contributed by atoms with van der Waals surface area (Å²) < 4.78 is 0. The highest BCUT2D eigenvalue weighted by molar-refractivity contribution is 6.30. The molecule has 0 aromatic heterocycles. The minimum absolute atomic E-state index is 0.0309. The number of nitro benzene ring substituents is 1. The van der Waals surface area contributed by atoms with Crippen LogP contribution < -0.4 is 5.90 Å². The molecule has 1 aromatic rings. The number of nitrogens with two attached hydrogens (primary N) is 1. The molecule has 5 nitrogen and oxygen atoms in total. The molecule has 0 atom stereocenters. The molecule has 0 spiro atoms. The molecule has 0 saturated carbocycles. The Kier molecular flexibility index (Phi) is 3.18. The smallest absolute Gasteiger partial charge is 0.275 e. The third-order valence-corrected chi connectivity index (χ3v) is 1.71. The fourth-order valence-corrected chi connectivity index (χ4v) is 1.13. The Morgan fingerprint density at radius 2 is 2.31 bits per heavy atom. The summed E-state index contributed by atoms with van der Waals surface area (Å²) in [5.74, 6) is 4.81. The number of hydrogen-bond donors (Lipinski definition) is 1. The lowest BCUT2D eigenvalue weighted by molar-refractivity contribution is -0.386. The van der Waals surface area contributed by atoms with Crippen LogP contribution >= 0.6 is 11.6 Å². The third kappa shape index (κ3) is 2.38. The van der Waals surface area contributed by atoms with E-state index in [4.69, 9.17) is 17.5 Å². The van der Waals surface area contributed by atoms with Crippen LogP contribution in [-0.4, -0.2) is 4.92 Å². The number of nitrogens with zero attached hydrogens (tertiary/aromatic N) is 1. The molecule has 13 heavy (non-hydrogen) atoms. The van der Waals surface area contributed by atoms with Crippen LogP contribution in [0.4, 0.5) is 5.69 Å². The zero-order chi connectivity index (χ0) is 9.84. The number of benzene rings is 1. The number of nitro groups is 1. The van der Waals surface area contributed by atoms with Crippen LogP contribution in [0.15, 0.2) is 18.2 Å². The van der Waals surface area contributed by atoms with Gasteiger partial charge in [-0.25, -0.2) is 5.90 Å². The average molecular weight is 203 g/mol. The Morgan fingerprint density at radius 1 is 1.62 bits per heavy atom. The van der Waals surface area contributed by atoms with E-state index in [0.29, 0.717) is 10.6 Å². The largest absolute Gasteiger partial charge is 0.300 e. The standard InChI is InChI=1S/C7H7ClN2O3/c8-6-1-2-7(10(11)12)5(3-6)4-13-9/h1-3H,4,9H2. The summed E-state index contributed by atoms with van der Waals surface area (Å²) in [6.07, 6.45) is 0. The Labute approximate surface area is 79.2 Å². The second-order valence-electron chi connectivity index (χ2n) is 2.34. The van der Waals surface area contributed by atoms with Crippen molar-refractivity contribution in [2.75, 3.05) is 0 Å². The molecule has 0 heterocycles. The molecule has 0 amide bonds. The summed E-state index contributed by atoms with van der Waals surface area (Å²) in [6, 6.07) is 4.21. The molecular formula is C7H7ClN2O3. The van der Waals surface area contributed by atoms with Gasteiger partial charge in [-0.1, -0.05) is 11.6 Å². The van der Waals surface area contributed by atoms with Gasteiger partial charge in [-0.15, -0.1) is 0 Å². The van der Waals surface area contributed by atoms with Crippen LogP contribution in [0.1, 0.15) is 5.56 Å². The Bertz CT molecular complexity index is 330. The van der Waals surface area contributed by atoms with Crippen molar-refractivity contribution in [3.05, 3.63) is 38.9 Å². The molecule has 70 valence electrons. The third-order valence-electron chi connectivity index (χ3n) is 1.48. The molecular weight excluding hydrogens is 196 g/mol. The quantitative estimate of drug-likeness (QED) is 0.597. The molecule has 1 rings (SSSR count). The predicted molar refractivity (Wildman–Crippen MR) is 47.1 cm³/mol. The number of halogens is 1. The molecule has 0 aliphatic carbocycles. The van der Waals surface area contributed by atoms with Crippen molar-refractivity contribution >= 4 is 17.3 Å². The Balaban J connectivity index is 3.10. The second-order valence-corrected chi connectivity index (χ2v) is 2.78. The Hall–Kier alpha value is -1.17. The summed E-state index contributed by atoms with van der Waals surface area (Å²) in [4.78, 5) is 14.3. The van der Waals surface area contributed by atoms with E-state index in [-0.39, 0.29) is 12.3 Å². The van der Waals surface area contributed by atoms with Crippen LogP contribution in [0.2, 0.25) is 5.02 Å². The molecule has 2 N–H and O–H groups in total. The van der Waals surface area contributed by atoms with Crippen molar-refractivity contribution in [2.45, 2.75) is 6.61 Å². The van der Waals surface area contributed by atoms with E-state index in [2.05, 4.69) is 4.84 Å². The maximum Gasteiger partial charge on any atom is 0.275 e. The van der Waals surface area contributed by atoms with E-state index in [1.54, 1.807) is 0 Å². The summed E-state index contributed by atoms with van der Waals surface area (Å²) in [7, 11) is 0. The van der Waals surface area contributed by atoms with Crippen LogP contribution in [0.25, 0.3) is 0 Å². The first-order valence-electron chi connectivity index (χ1n) is 3.39. The molecule has 0 aliphatic heterocycles. The summed E-state index contributed by atoms with van der Waals surface area (Å²) in [5.41, 5.74) is 0.315. The number of hydrogen-bond acceptors (Lipinski definition) is 4. The molecule has 6 heteroatoms. The van der Waals surface area contributed by atoms with Gasteiger partial charge in [-0.2, -0.15) is 0 Å². The van der Waals surface area contributed by atoms with Gasteiger partial charge in [0.2, 0.25) is 0 Å². The first kappa shape index (κ1) is 9.91. The fraction of sp³-hybridized carbons (Fsp3) is 0.143. The highest BCUT2D eigenvalue weighted by Crippen LogP contribution is 2.22. The van der Waals surface area contributed by atoms with Crippen LogP contribution in [0, 0.1) is 10.1 Å². The van der Waals surface area contributed by atoms with Crippen LogP contribution in [0.3, 0.4) is 0 Å². The fourth-order valence-electron chi connectivity index (χ4n) is 0.938. The maximum atomic E-state index is 10.5. The lowest BCUT2D eigenvalue weighted by Crippen LogP contribution is -2.02. The SMILES string of the molecule is NOCc1cc(Cl)ccc1[N+](=O)[O-]. The topological polar surface area (TPSA) is 78.4 Å². The van der Waals surface area contributed by atoms with E-state index >= 15 is 0 Å². The molecule has 0 bridgehead atoms. The van der Waals surface area contributed by atoms with Crippen molar-refractivity contribution < 1.29 is 9.76 Å². The second kappa shape index (κ2) is 4.18. The first-order chi connectivity index (χ1) is 6.15. The predicted octanol–water partition coefficient (Wildman–Crippen LogP) is 1.64. The Morgan fingerprint density at radius 3 is 2.85 bits per heavy atom. The van der Waals surface area contributed by atoms with Gasteiger partial charge in [-0.3, -0.25) is 15.0 Å². The van der Waals surface area contributed by atoms with E-state index in [1.807, 2.05) is 0 Å². The van der Waals surface area contributed by atoms with E-state index in [1.165, 1.54) is 18.2 Å². The summed E-state index contributed by atoms with van der Waals surface area (Å²) in [5, 5.41) is 10.9. The van der Waals surface area contributed by atoms with Gasteiger partial charge in [0.15, 0.2) is 0 Å². The van der Waals surface area contributed by atoms with Crippen molar-refractivity contribution in [1.82, 2.24) is 0 Å². The molecule has 0 radical (unpaired) electrons. The lowest BCUT2D eigenvalue weighted by Gasteiger charge is -2.00. The van der Waals surface area contributed by atoms with Gasteiger partial charge in [0.25, 0.3) is 5.69 Å². The van der Waals surface area contributed by atoms with E-state index < -0.39 is 4.92 Å². The monoisotopic (exact) mass is 202 g/mol. The van der Waals surface area contributed by atoms with Crippen molar-refractivity contribution in [3.63, 3.8) is 0 Å². The number of rotatable bonds is 3. The minimum atomic E-state index is -0.509. The summed E-state index contributed by atoms with van der Waals surface area (Å²) >= 11 is 5.64. The van der Waals surface area contributed by atoms with Gasteiger partial charge in [0.1, 0.15) is 0 Å². The first-order valence-corrected chi connectivity index (χ1v) is 3.77. The minimum Gasteiger partial charge on any atom is -0.300 e. The molecule has 0 fully saturated rings. The highest BCUT2D eigenvalue weighted by atomic mass is 35.5. The molecule has 0 aliphatic rings. The lowest BCUT2D eigenvalue weighted by atomic mass is 10.2. The highest BCUT2D eigenvalue weighted by Gasteiger charge is 2.13. The van der Waals surface area contributed by atoms with Crippen molar-refractivity contribution in [2.24, 2.45) is 5.90 Å². The van der Waals surface area contributed by atoms with Gasteiger partial charge in [0.05, 0.1) is 17.1 Å². The van der Waals surface area contributed by atoms with Crippen molar-refractivity contribution in [1.29, 1.82) is 0 Å². The van der Waals surface area contributed by atoms with E-state index in [0.717, 1.165) is 0 Å². The summed E-state index contributed by atoms with van der Waals surface area (Å²) in [6.45, 7) is -0.0309. The zero-order valence-electron chi connectivity index (χ0n) is 6.57. The molecule has 0 unspecified atom stereocenters. The van der Waals surface area contributed by atoms with Crippen molar-refractivity contribution in [3.8, 4) is 0 Å². The van der Waals surface area contributed by atoms with Gasteiger partial charge < -0.3 is 0 Å². The van der Waals surface area contributed by atoms with Gasteiger partial charge in [0, 0.05) is 11.1 Å². The van der Waals surface area contributed by atoms with Crippen LogP contribution in [0.5, 0.6) is 0 Å². The normalized spacial score (nSPS) is 10.0. The maximum absolute atomic E-state index is 10.5. The molecule has 1 aromatic carbocycles.